The van der Waals surface area contributed by atoms with Gasteiger partial charge in [0.25, 0.3) is 0 Å². The van der Waals surface area contributed by atoms with Crippen molar-refractivity contribution in [3.8, 4) is 0 Å². The van der Waals surface area contributed by atoms with Gasteiger partial charge in [-0.3, -0.25) is 9.59 Å². The van der Waals surface area contributed by atoms with Crippen LogP contribution in [0.15, 0.2) is 36.9 Å². The predicted octanol–water partition coefficient (Wildman–Crippen LogP) is 1.24. The van der Waals surface area contributed by atoms with E-state index < -0.39 is 11.8 Å². The molecule has 0 heterocycles. The van der Waals surface area contributed by atoms with E-state index in [0.717, 1.165) is 5.56 Å². The molecule has 2 amide bonds. The Kier molecular flexibility index (Phi) is 4.27. The Hall–Kier alpha value is -2.10. The summed E-state index contributed by atoms with van der Waals surface area (Å²) in [7, 11) is 0. The molecule has 4 nitrogen and oxygen atoms in total. The molecule has 1 aromatic carbocycles. The first-order valence-corrected chi connectivity index (χ1v) is 4.90. The molecule has 0 aliphatic rings. The van der Waals surface area contributed by atoms with E-state index in [-0.39, 0.29) is 6.54 Å². The molecule has 16 heavy (non-hydrogen) atoms. The third kappa shape index (κ3) is 3.57. The van der Waals surface area contributed by atoms with Gasteiger partial charge in [0.15, 0.2) is 0 Å². The van der Waals surface area contributed by atoms with E-state index in [4.69, 9.17) is 0 Å². The molecule has 1 rings (SSSR count). The molecule has 0 saturated heterocycles. The van der Waals surface area contributed by atoms with Crippen LogP contribution in [0, 0.1) is 6.92 Å². The number of rotatable bonds is 3. The van der Waals surface area contributed by atoms with Crippen LogP contribution < -0.4 is 10.6 Å². The Morgan fingerprint density at radius 2 is 1.88 bits per heavy atom. The van der Waals surface area contributed by atoms with Crippen LogP contribution in [-0.4, -0.2) is 18.4 Å². The summed E-state index contributed by atoms with van der Waals surface area (Å²) in [5.41, 5.74) is 1.69. The molecule has 0 atom stereocenters. The number of nitrogens with one attached hydrogen (secondary N) is 2. The standard InChI is InChI=1S/C12H14N2O2/c1-3-8-13-11(15)12(16)14-10-6-4-9(2)5-7-10/h3-7H,1,8H2,2H3,(H,13,15)(H,14,16). The van der Waals surface area contributed by atoms with Crippen molar-refractivity contribution < 1.29 is 9.59 Å². The SMILES string of the molecule is C=CCNC(=O)C(=O)Nc1ccc(C)cc1. The molecule has 1 aromatic rings. The molecule has 0 fully saturated rings. The van der Waals surface area contributed by atoms with Crippen molar-refractivity contribution in [2.24, 2.45) is 0 Å². The van der Waals surface area contributed by atoms with Crippen LogP contribution in [0.5, 0.6) is 0 Å². The molecule has 4 heteroatoms. The Morgan fingerprint density at radius 3 is 2.44 bits per heavy atom. The predicted molar refractivity (Wildman–Crippen MR) is 63.0 cm³/mol. The maximum atomic E-state index is 11.3. The maximum Gasteiger partial charge on any atom is 0.313 e. The summed E-state index contributed by atoms with van der Waals surface area (Å²) in [6.07, 6.45) is 1.51. The Bertz CT molecular complexity index is 396. The molecular weight excluding hydrogens is 204 g/mol. The average molecular weight is 218 g/mol. The van der Waals surface area contributed by atoms with Crippen molar-refractivity contribution >= 4 is 17.5 Å². The highest BCUT2D eigenvalue weighted by atomic mass is 16.2. The van der Waals surface area contributed by atoms with Gasteiger partial charge in [0.2, 0.25) is 0 Å². The lowest BCUT2D eigenvalue weighted by Crippen LogP contribution is -2.35. The summed E-state index contributed by atoms with van der Waals surface area (Å²) in [5, 5.41) is 4.89. The molecule has 84 valence electrons. The van der Waals surface area contributed by atoms with Gasteiger partial charge in [-0.05, 0) is 19.1 Å². The first-order chi connectivity index (χ1) is 7.63. The van der Waals surface area contributed by atoms with E-state index in [9.17, 15) is 9.59 Å². The third-order valence-corrected chi connectivity index (χ3v) is 1.92. The first-order valence-electron chi connectivity index (χ1n) is 4.90. The van der Waals surface area contributed by atoms with E-state index in [1.54, 1.807) is 12.1 Å². The fourth-order valence-electron chi connectivity index (χ4n) is 1.07. The van der Waals surface area contributed by atoms with Crippen molar-refractivity contribution in [1.29, 1.82) is 0 Å². The Labute approximate surface area is 94.4 Å². The highest BCUT2D eigenvalue weighted by molar-refractivity contribution is 6.39. The topological polar surface area (TPSA) is 58.2 Å². The zero-order chi connectivity index (χ0) is 12.0. The fourth-order valence-corrected chi connectivity index (χ4v) is 1.07. The summed E-state index contributed by atoms with van der Waals surface area (Å²) >= 11 is 0. The molecule has 0 bridgehead atoms. The van der Waals surface area contributed by atoms with Crippen LogP contribution in [0.25, 0.3) is 0 Å². The second-order valence-corrected chi connectivity index (χ2v) is 3.32. The highest BCUT2D eigenvalue weighted by Crippen LogP contribution is 2.07. The van der Waals surface area contributed by atoms with E-state index in [1.807, 2.05) is 19.1 Å². The normalized spacial score (nSPS) is 9.31. The van der Waals surface area contributed by atoms with Crippen molar-refractivity contribution in [2.75, 3.05) is 11.9 Å². The number of benzene rings is 1. The largest absolute Gasteiger partial charge is 0.344 e. The number of carbonyl (C=O) groups is 2. The van der Waals surface area contributed by atoms with Gasteiger partial charge in [0.05, 0.1) is 0 Å². The average Bonchev–Trinajstić information content (AvgIpc) is 2.29. The fraction of sp³-hybridized carbons (Fsp3) is 0.167. The minimum atomic E-state index is -0.675. The summed E-state index contributed by atoms with van der Waals surface area (Å²) in [4.78, 5) is 22.5. The number of amides is 2. The molecule has 0 saturated carbocycles. The molecule has 0 unspecified atom stereocenters. The lowest BCUT2D eigenvalue weighted by molar-refractivity contribution is -0.136. The second kappa shape index (κ2) is 5.70. The van der Waals surface area contributed by atoms with Gasteiger partial charge in [-0.25, -0.2) is 0 Å². The van der Waals surface area contributed by atoms with Crippen LogP contribution in [-0.2, 0) is 9.59 Å². The lowest BCUT2D eigenvalue weighted by Gasteiger charge is -2.05. The second-order valence-electron chi connectivity index (χ2n) is 3.32. The van der Waals surface area contributed by atoms with Crippen LogP contribution >= 0.6 is 0 Å². The molecule has 0 radical (unpaired) electrons. The van der Waals surface area contributed by atoms with Crippen LogP contribution in [0.2, 0.25) is 0 Å². The van der Waals surface area contributed by atoms with Gasteiger partial charge in [-0.15, -0.1) is 6.58 Å². The smallest absolute Gasteiger partial charge is 0.313 e. The molecular formula is C12H14N2O2. The number of anilines is 1. The minimum absolute atomic E-state index is 0.278. The van der Waals surface area contributed by atoms with Crippen LogP contribution in [0.3, 0.4) is 0 Å². The van der Waals surface area contributed by atoms with Crippen molar-refractivity contribution in [3.63, 3.8) is 0 Å². The Balaban J connectivity index is 2.54. The van der Waals surface area contributed by atoms with Crippen molar-refractivity contribution in [2.45, 2.75) is 6.92 Å². The monoisotopic (exact) mass is 218 g/mol. The van der Waals surface area contributed by atoms with E-state index in [0.29, 0.717) is 5.69 Å². The zero-order valence-electron chi connectivity index (χ0n) is 9.12. The first kappa shape index (κ1) is 12.0. The van der Waals surface area contributed by atoms with Crippen molar-refractivity contribution in [1.82, 2.24) is 5.32 Å². The van der Waals surface area contributed by atoms with E-state index in [2.05, 4.69) is 17.2 Å². The van der Waals surface area contributed by atoms with E-state index >= 15 is 0 Å². The van der Waals surface area contributed by atoms with Gasteiger partial charge >= 0.3 is 11.8 Å². The zero-order valence-corrected chi connectivity index (χ0v) is 9.12. The van der Waals surface area contributed by atoms with Gasteiger partial charge in [0.1, 0.15) is 0 Å². The number of hydrogen-bond donors (Lipinski definition) is 2. The third-order valence-electron chi connectivity index (χ3n) is 1.92. The van der Waals surface area contributed by atoms with Crippen LogP contribution in [0.4, 0.5) is 5.69 Å². The molecule has 0 aliphatic carbocycles. The summed E-state index contributed by atoms with van der Waals surface area (Å²) in [6.45, 7) is 5.66. The molecule has 0 spiro atoms. The maximum absolute atomic E-state index is 11.3. The number of hydrogen-bond acceptors (Lipinski definition) is 2. The highest BCUT2D eigenvalue weighted by Gasteiger charge is 2.11. The van der Waals surface area contributed by atoms with Gasteiger partial charge in [-0.2, -0.15) is 0 Å². The quantitative estimate of drug-likeness (QED) is 0.592. The lowest BCUT2D eigenvalue weighted by atomic mass is 10.2. The van der Waals surface area contributed by atoms with E-state index in [1.165, 1.54) is 6.08 Å². The number of carbonyl (C=O) groups excluding carboxylic acids is 2. The molecule has 2 N–H and O–H groups in total. The van der Waals surface area contributed by atoms with Gasteiger partial charge < -0.3 is 10.6 Å². The summed E-state index contributed by atoms with van der Waals surface area (Å²) in [6, 6.07) is 7.20. The van der Waals surface area contributed by atoms with Gasteiger partial charge in [-0.1, -0.05) is 23.8 Å². The summed E-state index contributed by atoms with van der Waals surface area (Å²) in [5.74, 6) is -1.34. The molecule has 0 aromatic heterocycles. The van der Waals surface area contributed by atoms with Crippen LogP contribution in [0.1, 0.15) is 5.56 Å². The van der Waals surface area contributed by atoms with Gasteiger partial charge in [0, 0.05) is 12.2 Å². The molecule has 0 aliphatic heterocycles. The van der Waals surface area contributed by atoms with Crippen molar-refractivity contribution in [3.05, 3.63) is 42.5 Å². The Morgan fingerprint density at radius 1 is 1.25 bits per heavy atom. The number of aryl methyl sites for hydroxylation is 1. The summed E-state index contributed by atoms with van der Waals surface area (Å²) < 4.78 is 0. The minimum Gasteiger partial charge on any atom is -0.344 e.